The summed E-state index contributed by atoms with van der Waals surface area (Å²) in [5.74, 6) is 0.0726. The lowest BCUT2D eigenvalue weighted by molar-refractivity contribution is 0.0827. The molecule has 14 heavy (non-hydrogen) atoms. The highest BCUT2D eigenvalue weighted by Crippen LogP contribution is 2.11. The Labute approximate surface area is 85.5 Å². The molecule has 0 heterocycles. The molecule has 1 aromatic carbocycles. The van der Waals surface area contributed by atoms with Crippen LogP contribution in [0.5, 0.6) is 0 Å². The van der Waals surface area contributed by atoms with E-state index in [2.05, 4.69) is 13.0 Å². The Morgan fingerprint density at radius 1 is 1.29 bits per heavy atom. The average Bonchev–Trinajstić information content (AvgIpc) is 2.15. The van der Waals surface area contributed by atoms with Crippen molar-refractivity contribution < 1.29 is 4.79 Å². The van der Waals surface area contributed by atoms with E-state index in [0.717, 1.165) is 17.5 Å². The van der Waals surface area contributed by atoms with Crippen LogP contribution in [0.4, 0.5) is 0 Å². The lowest BCUT2D eigenvalue weighted by Crippen LogP contribution is -2.21. The van der Waals surface area contributed by atoms with E-state index >= 15 is 0 Å². The van der Waals surface area contributed by atoms with Gasteiger partial charge < -0.3 is 4.90 Å². The van der Waals surface area contributed by atoms with Crippen molar-refractivity contribution in [2.75, 3.05) is 14.1 Å². The number of benzene rings is 1. The van der Waals surface area contributed by atoms with E-state index in [4.69, 9.17) is 0 Å². The molecule has 0 aliphatic heterocycles. The summed E-state index contributed by atoms with van der Waals surface area (Å²) in [5, 5.41) is 0. The average molecular weight is 191 g/mol. The van der Waals surface area contributed by atoms with Crippen molar-refractivity contribution in [1.29, 1.82) is 0 Å². The van der Waals surface area contributed by atoms with E-state index in [9.17, 15) is 4.79 Å². The van der Waals surface area contributed by atoms with Gasteiger partial charge in [-0.15, -0.1) is 0 Å². The van der Waals surface area contributed by atoms with Crippen LogP contribution in [-0.4, -0.2) is 24.9 Å². The number of hydrogen-bond acceptors (Lipinski definition) is 1. The number of aryl methyl sites for hydroxylation is 2. The molecule has 0 aromatic heterocycles. The lowest BCUT2D eigenvalue weighted by Gasteiger charge is -2.11. The zero-order valence-electron chi connectivity index (χ0n) is 9.29. The fraction of sp³-hybridized carbons (Fsp3) is 0.417. The SMILES string of the molecule is CCc1cc(C)cc(C(=O)N(C)C)c1. The number of amides is 1. The number of hydrogen-bond donors (Lipinski definition) is 0. The first-order chi connectivity index (χ1) is 6.54. The van der Waals surface area contributed by atoms with Crippen LogP contribution in [0.25, 0.3) is 0 Å². The Kier molecular flexibility index (Phi) is 3.28. The summed E-state index contributed by atoms with van der Waals surface area (Å²) < 4.78 is 0. The van der Waals surface area contributed by atoms with Gasteiger partial charge in [0.2, 0.25) is 0 Å². The summed E-state index contributed by atoms with van der Waals surface area (Å²) in [4.78, 5) is 13.3. The van der Waals surface area contributed by atoms with E-state index in [1.165, 1.54) is 5.56 Å². The Hall–Kier alpha value is -1.31. The van der Waals surface area contributed by atoms with E-state index in [0.29, 0.717) is 0 Å². The Morgan fingerprint density at radius 3 is 2.43 bits per heavy atom. The highest BCUT2D eigenvalue weighted by Gasteiger charge is 2.08. The summed E-state index contributed by atoms with van der Waals surface area (Å²) in [6, 6.07) is 6.02. The minimum atomic E-state index is 0.0726. The summed E-state index contributed by atoms with van der Waals surface area (Å²) in [7, 11) is 3.55. The Balaban J connectivity index is 3.09. The first kappa shape index (κ1) is 10.8. The van der Waals surface area contributed by atoms with Crippen molar-refractivity contribution in [1.82, 2.24) is 4.90 Å². The molecule has 1 aromatic rings. The van der Waals surface area contributed by atoms with E-state index < -0.39 is 0 Å². The van der Waals surface area contributed by atoms with Crippen LogP contribution in [0.2, 0.25) is 0 Å². The summed E-state index contributed by atoms with van der Waals surface area (Å²) in [6.45, 7) is 4.12. The van der Waals surface area contributed by atoms with Crippen LogP contribution in [-0.2, 0) is 6.42 Å². The lowest BCUT2D eigenvalue weighted by atomic mass is 10.0. The maximum absolute atomic E-state index is 11.7. The Bertz CT molecular complexity index is 342. The van der Waals surface area contributed by atoms with Gasteiger partial charge in [0.15, 0.2) is 0 Å². The number of carbonyl (C=O) groups is 1. The first-order valence-corrected chi connectivity index (χ1v) is 4.86. The van der Waals surface area contributed by atoms with E-state index in [1.54, 1.807) is 19.0 Å². The van der Waals surface area contributed by atoms with Crippen molar-refractivity contribution >= 4 is 5.91 Å². The third-order valence-corrected chi connectivity index (χ3v) is 2.20. The molecule has 1 amide bonds. The van der Waals surface area contributed by atoms with Gasteiger partial charge in [0.1, 0.15) is 0 Å². The van der Waals surface area contributed by atoms with Crippen LogP contribution >= 0.6 is 0 Å². The van der Waals surface area contributed by atoms with Gasteiger partial charge in [0, 0.05) is 19.7 Å². The molecule has 2 heteroatoms. The largest absolute Gasteiger partial charge is 0.345 e. The van der Waals surface area contributed by atoms with Gasteiger partial charge >= 0.3 is 0 Å². The molecule has 0 spiro atoms. The van der Waals surface area contributed by atoms with Crippen molar-refractivity contribution in [3.05, 3.63) is 34.9 Å². The van der Waals surface area contributed by atoms with Crippen LogP contribution in [0, 0.1) is 6.92 Å². The number of rotatable bonds is 2. The van der Waals surface area contributed by atoms with Gasteiger partial charge in [-0.2, -0.15) is 0 Å². The first-order valence-electron chi connectivity index (χ1n) is 4.86. The van der Waals surface area contributed by atoms with Gasteiger partial charge in [-0.3, -0.25) is 4.79 Å². The zero-order valence-corrected chi connectivity index (χ0v) is 9.29. The van der Waals surface area contributed by atoms with Crippen molar-refractivity contribution in [2.45, 2.75) is 20.3 Å². The quantitative estimate of drug-likeness (QED) is 0.702. The standard InChI is InChI=1S/C12H17NO/c1-5-10-6-9(2)7-11(8-10)12(14)13(3)4/h6-8H,5H2,1-4H3. The third kappa shape index (κ3) is 2.34. The monoisotopic (exact) mass is 191 g/mol. The van der Waals surface area contributed by atoms with Gasteiger partial charge in [-0.1, -0.05) is 18.6 Å². The van der Waals surface area contributed by atoms with E-state index in [-0.39, 0.29) is 5.91 Å². The predicted molar refractivity (Wildman–Crippen MR) is 58.6 cm³/mol. The zero-order chi connectivity index (χ0) is 10.7. The van der Waals surface area contributed by atoms with E-state index in [1.807, 2.05) is 19.1 Å². The molecule has 0 unspecified atom stereocenters. The van der Waals surface area contributed by atoms with Crippen molar-refractivity contribution in [2.24, 2.45) is 0 Å². The van der Waals surface area contributed by atoms with Gasteiger partial charge in [-0.05, 0) is 31.0 Å². The summed E-state index contributed by atoms with van der Waals surface area (Å²) in [6.07, 6.45) is 0.968. The van der Waals surface area contributed by atoms with Gasteiger partial charge in [0.25, 0.3) is 5.91 Å². The Morgan fingerprint density at radius 2 is 1.93 bits per heavy atom. The topological polar surface area (TPSA) is 20.3 Å². The normalized spacial score (nSPS) is 10.0. The molecule has 0 saturated heterocycles. The molecule has 0 radical (unpaired) electrons. The molecule has 0 atom stereocenters. The fourth-order valence-electron chi connectivity index (χ4n) is 1.45. The van der Waals surface area contributed by atoms with Gasteiger partial charge in [-0.25, -0.2) is 0 Å². The highest BCUT2D eigenvalue weighted by atomic mass is 16.2. The molecule has 2 nitrogen and oxygen atoms in total. The highest BCUT2D eigenvalue weighted by molar-refractivity contribution is 5.94. The molecule has 0 aliphatic carbocycles. The van der Waals surface area contributed by atoms with Gasteiger partial charge in [0.05, 0.1) is 0 Å². The fourth-order valence-corrected chi connectivity index (χ4v) is 1.45. The predicted octanol–water partition coefficient (Wildman–Crippen LogP) is 2.26. The number of carbonyl (C=O) groups excluding carboxylic acids is 1. The molecule has 1 rings (SSSR count). The van der Waals surface area contributed by atoms with Crippen LogP contribution in [0.1, 0.15) is 28.4 Å². The van der Waals surface area contributed by atoms with Crippen LogP contribution in [0.3, 0.4) is 0 Å². The molecule has 0 saturated carbocycles. The molecular weight excluding hydrogens is 174 g/mol. The minimum Gasteiger partial charge on any atom is -0.345 e. The van der Waals surface area contributed by atoms with Crippen LogP contribution < -0.4 is 0 Å². The number of nitrogens with zero attached hydrogens (tertiary/aromatic N) is 1. The maximum atomic E-state index is 11.7. The molecule has 76 valence electrons. The second-order valence-electron chi connectivity index (χ2n) is 3.76. The molecule has 0 aliphatic rings. The smallest absolute Gasteiger partial charge is 0.253 e. The minimum absolute atomic E-state index is 0.0726. The summed E-state index contributed by atoms with van der Waals surface area (Å²) in [5.41, 5.74) is 3.15. The third-order valence-electron chi connectivity index (χ3n) is 2.20. The molecule has 0 N–H and O–H groups in total. The maximum Gasteiger partial charge on any atom is 0.253 e. The second-order valence-corrected chi connectivity index (χ2v) is 3.76. The second kappa shape index (κ2) is 4.27. The van der Waals surface area contributed by atoms with Crippen molar-refractivity contribution in [3.63, 3.8) is 0 Å². The molecular formula is C12H17NO. The molecule has 0 bridgehead atoms. The molecule has 0 fully saturated rings. The van der Waals surface area contributed by atoms with Crippen LogP contribution in [0.15, 0.2) is 18.2 Å². The summed E-state index contributed by atoms with van der Waals surface area (Å²) >= 11 is 0. The van der Waals surface area contributed by atoms with Crippen molar-refractivity contribution in [3.8, 4) is 0 Å².